The molecule has 0 aromatic heterocycles. The molecule has 27 heavy (non-hydrogen) atoms. The average molecular weight is 360 g/mol. The van der Waals surface area contributed by atoms with Crippen LogP contribution in [0.25, 0.3) is 0 Å². The zero-order valence-corrected chi connectivity index (χ0v) is 15.7. The van der Waals surface area contributed by atoms with Gasteiger partial charge in [0.25, 0.3) is 0 Å². The van der Waals surface area contributed by atoms with Crippen LogP contribution in [-0.2, 0) is 0 Å². The van der Waals surface area contributed by atoms with E-state index in [1.54, 1.807) is 18.2 Å². The summed E-state index contributed by atoms with van der Waals surface area (Å²) in [6.07, 6.45) is 0.665. The largest absolute Gasteiger partial charge is 0.489 e. The van der Waals surface area contributed by atoms with Gasteiger partial charge in [-0.2, -0.15) is 0 Å². The van der Waals surface area contributed by atoms with Crippen LogP contribution in [0.2, 0.25) is 0 Å². The lowest BCUT2D eigenvalue weighted by atomic mass is 10.0. The summed E-state index contributed by atoms with van der Waals surface area (Å²) in [4.78, 5) is 11.2. The second-order valence-electron chi connectivity index (χ2n) is 6.62. The van der Waals surface area contributed by atoms with Crippen molar-refractivity contribution in [3.8, 4) is 11.5 Å². The number of carbonyl (C=O) groups excluding carboxylic acids is 1. The number of benzene rings is 3. The molecule has 138 valence electrons. The molecule has 0 aliphatic rings. The summed E-state index contributed by atoms with van der Waals surface area (Å²) in [5.74, 6) is 1.47. The lowest BCUT2D eigenvalue weighted by molar-refractivity contribution is 0.112. The third kappa shape index (κ3) is 4.98. The summed E-state index contributed by atoms with van der Waals surface area (Å²) >= 11 is 0. The first-order chi connectivity index (χ1) is 13.2. The Balaban J connectivity index is 1.75. The van der Waals surface area contributed by atoms with E-state index in [0.29, 0.717) is 23.7 Å². The molecule has 0 unspecified atom stereocenters. The molecule has 3 heteroatoms. The van der Waals surface area contributed by atoms with E-state index in [9.17, 15) is 4.79 Å². The highest BCUT2D eigenvalue weighted by Gasteiger charge is 2.14. The summed E-state index contributed by atoms with van der Waals surface area (Å²) in [7, 11) is 0. The van der Waals surface area contributed by atoms with Gasteiger partial charge in [-0.3, -0.25) is 4.79 Å². The van der Waals surface area contributed by atoms with Crippen molar-refractivity contribution in [2.45, 2.75) is 25.9 Å². The quantitative estimate of drug-likeness (QED) is 0.475. The highest BCUT2D eigenvalue weighted by molar-refractivity contribution is 5.76. The molecule has 0 fully saturated rings. The van der Waals surface area contributed by atoms with Gasteiger partial charge in [-0.25, -0.2) is 0 Å². The molecule has 0 saturated carbocycles. The smallest absolute Gasteiger partial charge is 0.162 e. The van der Waals surface area contributed by atoms with Crippen molar-refractivity contribution in [2.75, 3.05) is 6.61 Å². The van der Waals surface area contributed by atoms with Crippen LogP contribution in [0.3, 0.4) is 0 Å². The van der Waals surface area contributed by atoms with Gasteiger partial charge in [0, 0.05) is 11.5 Å². The Morgan fingerprint density at radius 1 is 0.815 bits per heavy atom. The van der Waals surface area contributed by atoms with Gasteiger partial charge in [0.2, 0.25) is 0 Å². The third-order valence-electron chi connectivity index (χ3n) is 4.53. The van der Waals surface area contributed by atoms with Gasteiger partial charge >= 0.3 is 0 Å². The zero-order valence-electron chi connectivity index (χ0n) is 15.7. The van der Waals surface area contributed by atoms with E-state index in [0.717, 1.165) is 11.8 Å². The van der Waals surface area contributed by atoms with Crippen LogP contribution in [0, 0.1) is 0 Å². The van der Waals surface area contributed by atoms with E-state index in [-0.39, 0.29) is 12.0 Å². The number of carbonyl (C=O) groups is 1. The maximum absolute atomic E-state index is 11.2. The van der Waals surface area contributed by atoms with Crippen LogP contribution in [0.15, 0.2) is 78.9 Å². The van der Waals surface area contributed by atoms with E-state index < -0.39 is 0 Å². The maximum Gasteiger partial charge on any atom is 0.162 e. The van der Waals surface area contributed by atoms with Crippen LogP contribution >= 0.6 is 0 Å². The molecule has 0 radical (unpaired) electrons. The fraction of sp³-hybridized carbons (Fsp3) is 0.208. The van der Waals surface area contributed by atoms with Crippen molar-refractivity contribution in [1.82, 2.24) is 0 Å². The molecule has 3 aromatic rings. The summed E-state index contributed by atoms with van der Waals surface area (Å²) in [6.45, 7) is 4.64. The molecule has 3 rings (SSSR count). The Morgan fingerprint density at radius 2 is 1.44 bits per heavy atom. The monoisotopic (exact) mass is 360 g/mol. The number of hydrogen-bond donors (Lipinski definition) is 0. The number of hydrogen-bond acceptors (Lipinski definition) is 3. The van der Waals surface area contributed by atoms with E-state index in [1.165, 1.54) is 5.56 Å². The molecule has 3 aromatic carbocycles. The van der Waals surface area contributed by atoms with Crippen LogP contribution < -0.4 is 9.47 Å². The van der Waals surface area contributed by atoms with E-state index in [1.807, 2.05) is 55.5 Å². The molecule has 0 aliphatic heterocycles. The predicted octanol–water partition coefficient (Wildman–Crippen LogP) is 5.82. The van der Waals surface area contributed by atoms with E-state index in [2.05, 4.69) is 19.1 Å². The van der Waals surface area contributed by atoms with Gasteiger partial charge < -0.3 is 9.47 Å². The van der Waals surface area contributed by atoms with Crippen molar-refractivity contribution in [1.29, 1.82) is 0 Å². The Labute approximate surface area is 160 Å². The molecular formula is C24H24O3. The summed E-state index contributed by atoms with van der Waals surface area (Å²) in [5, 5.41) is 0. The van der Waals surface area contributed by atoms with Crippen LogP contribution in [0.4, 0.5) is 0 Å². The Hall–Kier alpha value is -3.07. The summed E-state index contributed by atoms with van der Waals surface area (Å²) in [6, 6.07) is 25.5. The van der Waals surface area contributed by atoms with E-state index in [4.69, 9.17) is 9.47 Å². The molecule has 0 N–H and O–H groups in total. The lowest BCUT2D eigenvalue weighted by Crippen LogP contribution is -2.09. The fourth-order valence-electron chi connectivity index (χ4n) is 2.88. The topological polar surface area (TPSA) is 35.5 Å². The Morgan fingerprint density at radius 3 is 2.07 bits per heavy atom. The molecule has 0 bridgehead atoms. The van der Waals surface area contributed by atoms with Gasteiger partial charge in [0.1, 0.15) is 12.4 Å². The standard InChI is InChI=1S/C24H24O3/c1-18(21-9-5-3-6-10-21)17-26-23-14-13-20(16-25)15-24(23)27-19(2)22-11-7-4-8-12-22/h3-16,18-19H,17H2,1-2H3/t18-,19-/m1/s1. The van der Waals surface area contributed by atoms with Crippen molar-refractivity contribution in [3.05, 3.63) is 95.6 Å². The predicted molar refractivity (Wildman–Crippen MR) is 108 cm³/mol. The molecule has 0 spiro atoms. The van der Waals surface area contributed by atoms with E-state index >= 15 is 0 Å². The zero-order chi connectivity index (χ0) is 19.1. The fourth-order valence-corrected chi connectivity index (χ4v) is 2.88. The molecule has 3 nitrogen and oxygen atoms in total. The highest BCUT2D eigenvalue weighted by atomic mass is 16.5. The first kappa shape index (κ1) is 18.7. The molecule has 0 saturated heterocycles. The first-order valence-corrected chi connectivity index (χ1v) is 9.16. The van der Waals surface area contributed by atoms with Gasteiger partial charge in [-0.15, -0.1) is 0 Å². The van der Waals surface area contributed by atoms with Crippen LogP contribution in [0.5, 0.6) is 11.5 Å². The SMILES string of the molecule is C[C@H](COc1ccc(C=O)cc1O[C@H](C)c1ccccc1)c1ccccc1. The van der Waals surface area contributed by atoms with Gasteiger partial charge in [0.15, 0.2) is 11.5 Å². The minimum absolute atomic E-state index is 0.151. The first-order valence-electron chi connectivity index (χ1n) is 9.16. The Bertz CT molecular complexity index is 859. The molecule has 0 heterocycles. The van der Waals surface area contributed by atoms with Gasteiger partial charge in [0.05, 0.1) is 6.61 Å². The molecule has 0 aliphatic carbocycles. The van der Waals surface area contributed by atoms with Crippen LogP contribution in [-0.4, -0.2) is 12.9 Å². The number of aldehydes is 1. The van der Waals surface area contributed by atoms with Crippen LogP contribution in [0.1, 0.15) is 47.4 Å². The minimum Gasteiger partial charge on any atom is -0.489 e. The Kier molecular flexibility index (Phi) is 6.26. The van der Waals surface area contributed by atoms with Crippen molar-refractivity contribution < 1.29 is 14.3 Å². The normalized spacial score (nSPS) is 12.8. The number of ether oxygens (including phenoxy) is 2. The average Bonchev–Trinajstić information content (AvgIpc) is 2.73. The van der Waals surface area contributed by atoms with Gasteiger partial charge in [-0.05, 0) is 36.2 Å². The maximum atomic E-state index is 11.2. The molecule has 0 amide bonds. The number of rotatable bonds is 8. The molecule has 2 atom stereocenters. The lowest BCUT2D eigenvalue weighted by Gasteiger charge is -2.20. The van der Waals surface area contributed by atoms with Crippen molar-refractivity contribution in [3.63, 3.8) is 0 Å². The molecular weight excluding hydrogens is 336 g/mol. The second-order valence-corrected chi connectivity index (χ2v) is 6.62. The van der Waals surface area contributed by atoms with Gasteiger partial charge in [-0.1, -0.05) is 67.6 Å². The third-order valence-corrected chi connectivity index (χ3v) is 4.53. The summed E-state index contributed by atoms with van der Waals surface area (Å²) < 4.78 is 12.2. The second kappa shape index (κ2) is 9.04. The highest BCUT2D eigenvalue weighted by Crippen LogP contribution is 2.33. The van der Waals surface area contributed by atoms with Crippen molar-refractivity contribution in [2.24, 2.45) is 0 Å². The van der Waals surface area contributed by atoms with Crippen molar-refractivity contribution >= 4 is 6.29 Å². The minimum atomic E-state index is -0.151. The summed E-state index contributed by atoms with van der Waals surface area (Å²) in [5.41, 5.74) is 2.86.